The molecule has 0 unspecified atom stereocenters. The van der Waals surface area contributed by atoms with Crippen LogP contribution in [0.2, 0.25) is 0 Å². The van der Waals surface area contributed by atoms with Gasteiger partial charge in [0.2, 0.25) is 15.9 Å². The second-order valence-corrected chi connectivity index (χ2v) is 7.98. The van der Waals surface area contributed by atoms with E-state index in [0.717, 1.165) is 36.3 Å². The Hall–Kier alpha value is -0.660. The fourth-order valence-electron chi connectivity index (χ4n) is 2.35. The highest BCUT2D eigenvalue weighted by Gasteiger charge is 2.30. The third kappa shape index (κ3) is 4.43. The number of likely N-dealkylation sites (tertiary alicyclic amines) is 1. The van der Waals surface area contributed by atoms with E-state index in [1.54, 1.807) is 0 Å². The van der Waals surface area contributed by atoms with E-state index >= 15 is 0 Å². The van der Waals surface area contributed by atoms with Crippen LogP contribution in [-0.4, -0.2) is 69.1 Å². The molecule has 0 aromatic heterocycles. The molecule has 110 valence electrons. The van der Waals surface area contributed by atoms with Crippen molar-refractivity contribution >= 4 is 15.9 Å². The zero-order valence-corrected chi connectivity index (χ0v) is 12.4. The van der Waals surface area contributed by atoms with Crippen molar-refractivity contribution in [3.8, 4) is 0 Å². The van der Waals surface area contributed by atoms with Crippen molar-refractivity contribution in [2.24, 2.45) is 5.92 Å². The molecule has 1 heterocycles. The second-order valence-electron chi connectivity index (χ2n) is 5.79. The molecule has 1 saturated heterocycles. The minimum absolute atomic E-state index is 0.101. The molecule has 19 heavy (non-hydrogen) atoms. The number of hydrogen-bond donors (Lipinski definition) is 1. The lowest BCUT2D eigenvalue weighted by atomic mass is 10.2. The number of carbonyl (C=O) groups excluding carboxylic acids is 1. The van der Waals surface area contributed by atoms with Crippen LogP contribution in [0.25, 0.3) is 0 Å². The van der Waals surface area contributed by atoms with E-state index in [1.807, 2.05) is 0 Å². The maximum atomic E-state index is 11.7. The van der Waals surface area contributed by atoms with Gasteiger partial charge in [-0.05, 0) is 25.2 Å². The normalized spacial score (nSPS) is 24.9. The first-order valence-electron chi connectivity index (χ1n) is 6.79. The first-order chi connectivity index (χ1) is 8.87. The summed E-state index contributed by atoms with van der Waals surface area (Å²) in [5, 5.41) is 2.83. The molecule has 1 saturated carbocycles. The summed E-state index contributed by atoms with van der Waals surface area (Å²) in [7, 11) is -0.574. The van der Waals surface area contributed by atoms with Gasteiger partial charge in [0.15, 0.2) is 0 Å². The van der Waals surface area contributed by atoms with E-state index in [9.17, 15) is 13.2 Å². The van der Waals surface area contributed by atoms with Crippen LogP contribution in [0.5, 0.6) is 0 Å². The Morgan fingerprint density at radius 2 is 2.00 bits per heavy atom. The lowest BCUT2D eigenvalue weighted by molar-refractivity contribution is -0.119. The number of hydrogen-bond acceptors (Lipinski definition) is 4. The van der Waals surface area contributed by atoms with E-state index < -0.39 is 21.7 Å². The number of nitrogens with zero attached hydrogens (tertiary/aromatic N) is 2. The third-order valence-corrected chi connectivity index (χ3v) is 5.46. The largest absolute Gasteiger partial charge is 0.351 e. The first kappa shape index (κ1) is 14.7. The maximum absolute atomic E-state index is 11.7. The number of amides is 1. The van der Waals surface area contributed by atoms with Crippen molar-refractivity contribution in [2.45, 2.75) is 25.3 Å². The van der Waals surface area contributed by atoms with Gasteiger partial charge in [0.05, 0.1) is 0 Å². The monoisotopic (exact) mass is 289 g/mol. The highest BCUT2D eigenvalue weighted by atomic mass is 32.2. The molecule has 0 aromatic carbocycles. The summed E-state index contributed by atoms with van der Waals surface area (Å²) in [6.07, 6.45) is 3.57. The van der Waals surface area contributed by atoms with Gasteiger partial charge in [-0.15, -0.1) is 0 Å². The highest BCUT2D eigenvalue weighted by Crippen LogP contribution is 2.30. The number of carbonyl (C=O) groups is 1. The Kier molecular flexibility index (Phi) is 4.47. The standard InChI is InChI=1S/C12H23N3O3S/c1-14(2)19(17,18)9-12(16)13-11-5-6-15(8-11)7-10-3-4-10/h10-11H,3-9H2,1-2H3,(H,13,16)/t11-/m1/s1. The van der Waals surface area contributed by atoms with Crippen LogP contribution >= 0.6 is 0 Å². The van der Waals surface area contributed by atoms with Gasteiger partial charge in [0.1, 0.15) is 5.75 Å². The van der Waals surface area contributed by atoms with Crippen LogP contribution in [0, 0.1) is 5.92 Å². The molecule has 1 atom stereocenters. The van der Waals surface area contributed by atoms with E-state index in [1.165, 1.54) is 26.9 Å². The predicted octanol–water partition coefficient (Wildman–Crippen LogP) is -0.522. The quantitative estimate of drug-likeness (QED) is 0.714. The van der Waals surface area contributed by atoms with Gasteiger partial charge in [-0.2, -0.15) is 0 Å². The average molecular weight is 289 g/mol. The highest BCUT2D eigenvalue weighted by molar-refractivity contribution is 7.89. The van der Waals surface area contributed by atoms with Gasteiger partial charge in [0.25, 0.3) is 0 Å². The Morgan fingerprint density at radius 3 is 2.58 bits per heavy atom. The summed E-state index contributed by atoms with van der Waals surface area (Å²) in [5.41, 5.74) is 0. The Morgan fingerprint density at radius 1 is 1.32 bits per heavy atom. The van der Waals surface area contributed by atoms with Crippen molar-refractivity contribution in [3.05, 3.63) is 0 Å². The van der Waals surface area contributed by atoms with Gasteiger partial charge >= 0.3 is 0 Å². The fraction of sp³-hybridized carbons (Fsp3) is 0.917. The summed E-state index contributed by atoms with van der Waals surface area (Å²) in [6.45, 7) is 2.98. The van der Waals surface area contributed by atoms with Crippen LogP contribution in [0.15, 0.2) is 0 Å². The van der Waals surface area contributed by atoms with Gasteiger partial charge in [-0.3, -0.25) is 4.79 Å². The molecule has 2 rings (SSSR count). The van der Waals surface area contributed by atoms with Gasteiger partial charge in [-0.25, -0.2) is 12.7 Å². The smallest absolute Gasteiger partial charge is 0.236 e. The molecule has 1 amide bonds. The molecule has 1 N–H and O–H groups in total. The zero-order chi connectivity index (χ0) is 14.0. The number of sulfonamides is 1. The van der Waals surface area contributed by atoms with Crippen LogP contribution < -0.4 is 5.32 Å². The molecule has 0 bridgehead atoms. The Balaban J connectivity index is 1.74. The van der Waals surface area contributed by atoms with E-state index in [4.69, 9.17) is 0 Å². The molecule has 6 nitrogen and oxygen atoms in total. The summed E-state index contributed by atoms with van der Waals surface area (Å²) >= 11 is 0. The Labute approximate surface area is 115 Å². The average Bonchev–Trinajstić information content (AvgIpc) is 2.98. The Bertz CT molecular complexity index is 432. The molecule has 7 heteroatoms. The van der Waals surface area contributed by atoms with Gasteiger partial charge in [0, 0.05) is 39.8 Å². The molecular weight excluding hydrogens is 266 g/mol. The van der Waals surface area contributed by atoms with E-state index in [0.29, 0.717) is 0 Å². The molecule has 0 radical (unpaired) electrons. The van der Waals surface area contributed by atoms with Crippen LogP contribution in [0.4, 0.5) is 0 Å². The van der Waals surface area contributed by atoms with Crippen molar-refractivity contribution in [3.63, 3.8) is 0 Å². The van der Waals surface area contributed by atoms with Crippen molar-refractivity contribution < 1.29 is 13.2 Å². The van der Waals surface area contributed by atoms with Crippen LogP contribution in [0.1, 0.15) is 19.3 Å². The van der Waals surface area contributed by atoms with Crippen LogP contribution in [-0.2, 0) is 14.8 Å². The maximum Gasteiger partial charge on any atom is 0.236 e. The zero-order valence-electron chi connectivity index (χ0n) is 11.6. The summed E-state index contributed by atoms with van der Waals surface area (Å²) in [5.74, 6) is -0.00500. The third-order valence-electron chi connectivity index (χ3n) is 3.72. The van der Waals surface area contributed by atoms with Gasteiger partial charge < -0.3 is 10.2 Å². The molecule has 0 aromatic rings. The second kappa shape index (κ2) is 5.76. The summed E-state index contributed by atoms with van der Waals surface area (Å²) < 4.78 is 24.3. The number of rotatable bonds is 6. The molecule has 1 aliphatic heterocycles. The summed E-state index contributed by atoms with van der Waals surface area (Å²) in [6, 6.07) is 0.101. The minimum atomic E-state index is -3.45. The number of nitrogens with one attached hydrogen (secondary N) is 1. The van der Waals surface area contributed by atoms with Crippen molar-refractivity contribution in [1.29, 1.82) is 0 Å². The lowest BCUT2D eigenvalue weighted by Crippen LogP contribution is -2.42. The molecule has 2 fully saturated rings. The lowest BCUT2D eigenvalue weighted by Gasteiger charge is -2.17. The van der Waals surface area contributed by atoms with Crippen LogP contribution in [0.3, 0.4) is 0 Å². The van der Waals surface area contributed by atoms with E-state index in [-0.39, 0.29) is 6.04 Å². The van der Waals surface area contributed by atoms with Gasteiger partial charge in [-0.1, -0.05) is 0 Å². The van der Waals surface area contributed by atoms with Crippen molar-refractivity contribution in [1.82, 2.24) is 14.5 Å². The van der Waals surface area contributed by atoms with E-state index in [2.05, 4.69) is 10.2 Å². The predicted molar refractivity (Wildman–Crippen MR) is 73.2 cm³/mol. The molecule has 2 aliphatic rings. The first-order valence-corrected chi connectivity index (χ1v) is 8.39. The fourth-order valence-corrected chi connectivity index (χ4v) is 3.02. The molecular formula is C12H23N3O3S. The minimum Gasteiger partial charge on any atom is -0.351 e. The topological polar surface area (TPSA) is 69.7 Å². The molecule has 1 aliphatic carbocycles. The molecule has 0 spiro atoms. The SMILES string of the molecule is CN(C)S(=O)(=O)CC(=O)N[C@@H]1CCN(CC2CC2)C1. The van der Waals surface area contributed by atoms with Crippen molar-refractivity contribution in [2.75, 3.05) is 39.5 Å². The summed E-state index contributed by atoms with van der Waals surface area (Å²) in [4.78, 5) is 14.1.